The molecule has 1 aromatic carbocycles. The number of aryl methyl sites for hydroxylation is 1. The van der Waals surface area contributed by atoms with Crippen molar-refractivity contribution in [3.05, 3.63) is 42.2 Å². The number of para-hydroxylation sites is 2. The molecule has 0 unspecified atom stereocenters. The zero-order chi connectivity index (χ0) is 14.7. The zero-order valence-corrected chi connectivity index (χ0v) is 10.9. The summed E-state index contributed by atoms with van der Waals surface area (Å²) in [5, 5.41) is 12.9. The van der Waals surface area contributed by atoms with Gasteiger partial charge in [0.25, 0.3) is 5.91 Å². The topological polar surface area (TPSA) is 101 Å². The second-order valence-electron chi connectivity index (χ2n) is 4.25. The van der Waals surface area contributed by atoms with Gasteiger partial charge >= 0.3 is 5.97 Å². The number of hydrogen-bond donors (Lipinski definition) is 2. The van der Waals surface area contributed by atoms with Crippen LogP contribution in [0.15, 0.2) is 36.7 Å². The maximum Gasteiger partial charge on any atom is 0.323 e. The van der Waals surface area contributed by atoms with Crippen LogP contribution >= 0.6 is 0 Å². The van der Waals surface area contributed by atoms with Crippen LogP contribution in [0, 0.1) is 0 Å². The monoisotopic (exact) mass is 274 g/mol. The van der Waals surface area contributed by atoms with Crippen molar-refractivity contribution in [3.63, 3.8) is 0 Å². The van der Waals surface area contributed by atoms with E-state index in [4.69, 9.17) is 10.8 Å². The summed E-state index contributed by atoms with van der Waals surface area (Å²) in [6.45, 7) is -0.470. The first-order chi connectivity index (χ1) is 9.49. The minimum absolute atomic E-state index is 0.303. The van der Waals surface area contributed by atoms with E-state index in [2.05, 4.69) is 5.10 Å². The van der Waals surface area contributed by atoms with Gasteiger partial charge in [0, 0.05) is 13.2 Å². The molecule has 1 amide bonds. The average Bonchev–Trinajstić information content (AvgIpc) is 2.82. The summed E-state index contributed by atoms with van der Waals surface area (Å²) < 4.78 is 1.47. The summed E-state index contributed by atoms with van der Waals surface area (Å²) in [6.07, 6.45) is 2.91. The van der Waals surface area contributed by atoms with Crippen LogP contribution in [0.2, 0.25) is 0 Å². The molecule has 0 aliphatic carbocycles. The lowest BCUT2D eigenvalue weighted by molar-refractivity contribution is -0.135. The third-order valence-corrected chi connectivity index (χ3v) is 2.72. The third-order valence-electron chi connectivity index (χ3n) is 2.72. The number of carbonyl (C=O) groups is 2. The van der Waals surface area contributed by atoms with E-state index in [0.29, 0.717) is 16.9 Å². The number of carboxylic acid groups (broad SMARTS) is 1. The van der Waals surface area contributed by atoms with Gasteiger partial charge in [-0.3, -0.25) is 19.2 Å². The van der Waals surface area contributed by atoms with Gasteiger partial charge in [0.05, 0.1) is 23.1 Å². The van der Waals surface area contributed by atoms with Crippen molar-refractivity contribution in [3.8, 4) is 0 Å². The quantitative estimate of drug-likeness (QED) is 0.800. The van der Waals surface area contributed by atoms with Crippen LogP contribution < -0.4 is 10.6 Å². The van der Waals surface area contributed by atoms with Gasteiger partial charge in [-0.2, -0.15) is 5.10 Å². The predicted molar refractivity (Wildman–Crippen MR) is 73.4 cm³/mol. The molecule has 0 aliphatic heterocycles. The maximum absolute atomic E-state index is 12.4. The number of aromatic nitrogens is 2. The Morgan fingerprint density at radius 2 is 2.10 bits per heavy atom. The Hall–Kier alpha value is -2.83. The standard InChI is InChI=1S/C13H14N4O3/c1-16-7-9(6-15-16)13(20)17(8-12(18)19)11-5-3-2-4-10(11)14/h2-7H,8,14H2,1H3,(H,18,19). The van der Waals surface area contributed by atoms with E-state index in [1.807, 2.05) is 0 Å². The second-order valence-corrected chi connectivity index (χ2v) is 4.25. The Balaban J connectivity index is 2.40. The number of aliphatic carboxylic acids is 1. The molecule has 20 heavy (non-hydrogen) atoms. The molecule has 7 heteroatoms. The number of amides is 1. The van der Waals surface area contributed by atoms with Crippen molar-refractivity contribution in [2.24, 2.45) is 7.05 Å². The Bertz CT molecular complexity index is 651. The molecule has 0 atom stereocenters. The van der Waals surface area contributed by atoms with E-state index in [9.17, 15) is 9.59 Å². The highest BCUT2D eigenvalue weighted by atomic mass is 16.4. The molecule has 0 bridgehead atoms. The SMILES string of the molecule is Cn1cc(C(=O)N(CC(=O)O)c2ccccc2N)cn1. The Kier molecular flexibility index (Phi) is 3.69. The highest BCUT2D eigenvalue weighted by molar-refractivity contribution is 6.09. The minimum atomic E-state index is -1.12. The molecule has 104 valence electrons. The molecule has 2 rings (SSSR count). The Labute approximate surface area is 115 Å². The van der Waals surface area contributed by atoms with E-state index in [-0.39, 0.29) is 0 Å². The molecule has 0 radical (unpaired) electrons. The van der Waals surface area contributed by atoms with Gasteiger partial charge in [-0.05, 0) is 12.1 Å². The van der Waals surface area contributed by atoms with Gasteiger partial charge in [0.15, 0.2) is 0 Å². The first-order valence-electron chi connectivity index (χ1n) is 5.86. The first kappa shape index (κ1) is 13.6. The molecule has 0 aliphatic rings. The lowest BCUT2D eigenvalue weighted by atomic mass is 10.2. The second kappa shape index (κ2) is 5.43. The lowest BCUT2D eigenvalue weighted by Crippen LogP contribution is -2.36. The number of rotatable bonds is 4. The fourth-order valence-electron chi connectivity index (χ4n) is 1.82. The highest BCUT2D eigenvalue weighted by Crippen LogP contribution is 2.24. The summed E-state index contributed by atoms with van der Waals surface area (Å²) in [5.74, 6) is -1.58. The van der Waals surface area contributed by atoms with Crippen molar-refractivity contribution in [2.75, 3.05) is 17.2 Å². The largest absolute Gasteiger partial charge is 0.480 e. The van der Waals surface area contributed by atoms with Crippen LogP contribution in [0.4, 0.5) is 11.4 Å². The lowest BCUT2D eigenvalue weighted by Gasteiger charge is -2.21. The summed E-state index contributed by atoms with van der Waals surface area (Å²) in [4.78, 5) is 24.5. The summed E-state index contributed by atoms with van der Waals surface area (Å²) in [5.41, 5.74) is 6.82. The van der Waals surface area contributed by atoms with Crippen LogP contribution in [0.25, 0.3) is 0 Å². The number of carboxylic acids is 1. The molecular formula is C13H14N4O3. The third kappa shape index (κ3) is 2.77. The van der Waals surface area contributed by atoms with Gasteiger partial charge in [-0.1, -0.05) is 12.1 Å². The summed E-state index contributed by atoms with van der Waals surface area (Å²) in [6, 6.07) is 6.62. The van der Waals surface area contributed by atoms with Crippen LogP contribution in [-0.2, 0) is 11.8 Å². The number of nitrogen functional groups attached to an aromatic ring is 1. The fraction of sp³-hybridized carbons (Fsp3) is 0.154. The first-order valence-corrected chi connectivity index (χ1v) is 5.86. The molecule has 1 aromatic heterocycles. The highest BCUT2D eigenvalue weighted by Gasteiger charge is 2.22. The van der Waals surface area contributed by atoms with Gasteiger partial charge in [-0.25, -0.2) is 0 Å². The van der Waals surface area contributed by atoms with Crippen molar-refractivity contribution < 1.29 is 14.7 Å². The van der Waals surface area contributed by atoms with Crippen LogP contribution in [0.1, 0.15) is 10.4 Å². The molecule has 0 spiro atoms. The van der Waals surface area contributed by atoms with Crippen LogP contribution in [0.5, 0.6) is 0 Å². The maximum atomic E-state index is 12.4. The molecule has 0 saturated heterocycles. The van der Waals surface area contributed by atoms with E-state index in [1.54, 1.807) is 31.3 Å². The van der Waals surface area contributed by atoms with Crippen molar-refractivity contribution in [1.29, 1.82) is 0 Å². The molecule has 7 nitrogen and oxygen atoms in total. The number of benzene rings is 1. The minimum Gasteiger partial charge on any atom is -0.480 e. The van der Waals surface area contributed by atoms with Crippen molar-refractivity contribution in [2.45, 2.75) is 0 Å². The number of nitrogens with two attached hydrogens (primary N) is 1. The number of anilines is 2. The molecular weight excluding hydrogens is 260 g/mol. The van der Waals surface area contributed by atoms with E-state index in [1.165, 1.54) is 17.1 Å². The smallest absolute Gasteiger partial charge is 0.323 e. The summed E-state index contributed by atoms with van der Waals surface area (Å²) >= 11 is 0. The molecule has 1 heterocycles. The van der Waals surface area contributed by atoms with Crippen molar-refractivity contribution >= 4 is 23.3 Å². The predicted octanol–water partition coefficient (Wildman–Crippen LogP) is 0.734. The van der Waals surface area contributed by atoms with E-state index in [0.717, 1.165) is 4.90 Å². The molecule has 0 saturated carbocycles. The number of carbonyl (C=O) groups excluding carboxylic acids is 1. The van der Waals surface area contributed by atoms with Gasteiger partial charge in [0.1, 0.15) is 6.54 Å². The van der Waals surface area contributed by atoms with Crippen molar-refractivity contribution in [1.82, 2.24) is 9.78 Å². The summed E-state index contributed by atoms with van der Waals surface area (Å²) in [7, 11) is 1.68. The van der Waals surface area contributed by atoms with Crippen LogP contribution in [-0.4, -0.2) is 33.3 Å². The fourth-order valence-corrected chi connectivity index (χ4v) is 1.82. The van der Waals surface area contributed by atoms with Gasteiger partial charge in [0.2, 0.25) is 0 Å². The van der Waals surface area contributed by atoms with E-state index < -0.39 is 18.4 Å². The molecule has 2 aromatic rings. The van der Waals surface area contributed by atoms with Crippen LogP contribution in [0.3, 0.4) is 0 Å². The number of hydrogen-bond acceptors (Lipinski definition) is 4. The Morgan fingerprint density at radius 1 is 1.40 bits per heavy atom. The van der Waals surface area contributed by atoms with Gasteiger partial charge < -0.3 is 10.8 Å². The Morgan fingerprint density at radius 3 is 2.65 bits per heavy atom. The number of nitrogens with zero attached hydrogens (tertiary/aromatic N) is 3. The normalized spacial score (nSPS) is 10.2. The molecule has 0 fully saturated rings. The average molecular weight is 274 g/mol. The molecule has 3 N–H and O–H groups in total. The zero-order valence-electron chi connectivity index (χ0n) is 10.9. The van der Waals surface area contributed by atoms with Gasteiger partial charge in [-0.15, -0.1) is 0 Å². The van der Waals surface area contributed by atoms with E-state index >= 15 is 0 Å².